The molecule has 2 aromatic rings. The predicted molar refractivity (Wildman–Crippen MR) is 89.9 cm³/mol. The summed E-state index contributed by atoms with van der Waals surface area (Å²) in [4.78, 5) is 0. The van der Waals surface area contributed by atoms with Gasteiger partial charge in [-0.25, -0.2) is 13.2 Å². The summed E-state index contributed by atoms with van der Waals surface area (Å²) >= 11 is 0. The number of hydrogen-bond acceptors (Lipinski definition) is 3. The van der Waals surface area contributed by atoms with Gasteiger partial charge in [0.25, 0.3) is 0 Å². The number of nitrogens with zero attached hydrogens (tertiary/aromatic N) is 1. The van der Waals surface area contributed by atoms with Crippen LogP contribution < -0.4 is 5.32 Å². The van der Waals surface area contributed by atoms with Crippen molar-refractivity contribution in [3.05, 3.63) is 64.5 Å². The van der Waals surface area contributed by atoms with Crippen LogP contribution in [0.15, 0.2) is 30.3 Å². The summed E-state index contributed by atoms with van der Waals surface area (Å²) in [6.07, 6.45) is 1.63. The lowest BCUT2D eigenvalue weighted by Gasteiger charge is -2.43. The van der Waals surface area contributed by atoms with Gasteiger partial charge in [-0.2, -0.15) is 5.26 Å². The third-order valence-corrected chi connectivity index (χ3v) is 5.19. The van der Waals surface area contributed by atoms with Gasteiger partial charge < -0.3 is 10.1 Å². The maximum atomic E-state index is 14.4. The number of rotatable bonds is 2. The summed E-state index contributed by atoms with van der Waals surface area (Å²) in [7, 11) is 0. The third kappa shape index (κ3) is 2.82. The average molecular weight is 358 g/mol. The number of ether oxygens (including phenoxy) is 1. The highest BCUT2D eigenvalue weighted by atomic mass is 19.2. The zero-order valence-electron chi connectivity index (χ0n) is 13.9. The van der Waals surface area contributed by atoms with E-state index in [0.29, 0.717) is 19.1 Å². The number of benzene rings is 2. The Labute approximate surface area is 149 Å². The molecule has 0 spiro atoms. The van der Waals surface area contributed by atoms with Gasteiger partial charge in [0.15, 0.2) is 11.6 Å². The van der Waals surface area contributed by atoms with E-state index in [4.69, 9.17) is 10.00 Å². The second-order valence-electron chi connectivity index (χ2n) is 6.76. The molecule has 134 valence electrons. The van der Waals surface area contributed by atoms with Gasteiger partial charge in [-0.15, -0.1) is 0 Å². The zero-order chi connectivity index (χ0) is 18.3. The van der Waals surface area contributed by atoms with Crippen molar-refractivity contribution in [3.63, 3.8) is 0 Å². The molecular formula is C20H17F3N2O. The van der Waals surface area contributed by atoms with Crippen LogP contribution in [0.5, 0.6) is 0 Å². The Morgan fingerprint density at radius 3 is 2.69 bits per heavy atom. The second-order valence-corrected chi connectivity index (χ2v) is 6.76. The van der Waals surface area contributed by atoms with Crippen molar-refractivity contribution in [2.24, 2.45) is 5.92 Å². The summed E-state index contributed by atoms with van der Waals surface area (Å²) in [6.45, 7) is 0.593. The zero-order valence-corrected chi connectivity index (χ0v) is 13.9. The Morgan fingerprint density at radius 2 is 1.88 bits per heavy atom. The van der Waals surface area contributed by atoms with Crippen molar-refractivity contribution >= 4 is 5.69 Å². The van der Waals surface area contributed by atoms with E-state index in [1.807, 2.05) is 18.2 Å². The monoisotopic (exact) mass is 358 g/mol. The largest absolute Gasteiger partial charge is 0.377 e. The Balaban J connectivity index is 1.79. The van der Waals surface area contributed by atoms with Crippen molar-refractivity contribution in [1.82, 2.24) is 0 Å². The van der Waals surface area contributed by atoms with Gasteiger partial charge in [0, 0.05) is 35.4 Å². The fraction of sp³-hybridized carbons (Fsp3) is 0.350. The number of nitriles is 1. The fourth-order valence-electron chi connectivity index (χ4n) is 4.01. The van der Waals surface area contributed by atoms with Crippen LogP contribution in [-0.2, 0) is 11.2 Å². The van der Waals surface area contributed by atoms with E-state index in [-0.39, 0.29) is 17.6 Å². The molecule has 4 rings (SSSR count). The lowest BCUT2D eigenvalue weighted by Crippen LogP contribution is -2.36. The summed E-state index contributed by atoms with van der Waals surface area (Å²) in [6, 6.07) is 8.75. The van der Waals surface area contributed by atoms with Gasteiger partial charge in [-0.3, -0.25) is 0 Å². The van der Waals surface area contributed by atoms with E-state index in [1.165, 1.54) is 0 Å². The van der Waals surface area contributed by atoms with Crippen LogP contribution in [0.2, 0.25) is 0 Å². The summed E-state index contributed by atoms with van der Waals surface area (Å²) in [5, 5.41) is 12.2. The van der Waals surface area contributed by atoms with Crippen LogP contribution in [-0.4, -0.2) is 6.61 Å². The molecule has 0 aliphatic carbocycles. The van der Waals surface area contributed by atoms with E-state index >= 15 is 0 Å². The Morgan fingerprint density at radius 1 is 1.08 bits per heavy atom. The first-order valence-electron chi connectivity index (χ1n) is 8.61. The van der Waals surface area contributed by atoms with Crippen molar-refractivity contribution in [2.75, 3.05) is 11.9 Å². The quantitative estimate of drug-likeness (QED) is 0.784. The Kier molecular flexibility index (Phi) is 4.33. The SMILES string of the molecule is N#CCc1ccc2c(c1)C1OCCCC1C(c1cc(F)c(F)cc1F)N2. The van der Waals surface area contributed by atoms with Gasteiger partial charge in [-0.05, 0) is 30.5 Å². The third-order valence-electron chi connectivity index (χ3n) is 5.19. The highest BCUT2D eigenvalue weighted by Gasteiger charge is 2.41. The smallest absolute Gasteiger partial charge is 0.161 e. The van der Waals surface area contributed by atoms with Crippen LogP contribution >= 0.6 is 0 Å². The first kappa shape index (κ1) is 16.9. The first-order chi connectivity index (χ1) is 12.6. The Bertz CT molecular complexity index is 893. The normalized spacial score (nSPS) is 24.2. The predicted octanol–water partition coefficient (Wildman–Crippen LogP) is 4.80. The number of hydrogen-bond donors (Lipinski definition) is 1. The lowest BCUT2D eigenvalue weighted by molar-refractivity contribution is -0.0385. The van der Waals surface area contributed by atoms with E-state index < -0.39 is 23.5 Å². The molecule has 2 heterocycles. The van der Waals surface area contributed by atoms with Gasteiger partial charge in [0.05, 0.1) is 24.6 Å². The van der Waals surface area contributed by atoms with Crippen LogP contribution in [0.1, 0.15) is 41.7 Å². The van der Waals surface area contributed by atoms with Crippen molar-refractivity contribution in [3.8, 4) is 6.07 Å². The minimum absolute atomic E-state index is 0.104. The molecule has 2 aliphatic rings. The van der Waals surface area contributed by atoms with Crippen LogP contribution in [0.4, 0.5) is 18.9 Å². The molecule has 0 radical (unpaired) electrons. The number of nitrogens with one attached hydrogen (secondary N) is 1. The molecule has 26 heavy (non-hydrogen) atoms. The first-order valence-corrected chi connectivity index (χ1v) is 8.61. The summed E-state index contributed by atoms with van der Waals surface area (Å²) in [5.74, 6) is -3.13. The van der Waals surface area contributed by atoms with Gasteiger partial charge >= 0.3 is 0 Å². The van der Waals surface area contributed by atoms with Crippen molar-refractivity contribution < 1.29 is 17.9 Å². The number of halogens is 3. The molecule has 1 fully saturated rings. The maximum absolute atomic E-state index is 14.4. The molecule has 3 nitrogen and oxygen atoms in total. The molecule has 1 saturated heterocycles. The minimum Gasteiger partial charge on any atom is -0.377 e. The fourth-order valence-corrected chi connectivity index (χ4v) is 4.01. The van der Waals surface area contributed by atoms with Crippen LogP contribution in [0, 0.1) is 34.7 Å². The molecule has 0 amide bonds. The second kappa shape index (κ2) is 6.65. The van der Waals surface area contributed by atoms with Gasteiger partial charge in [0.1, 0.15) is 5.82 Å². The standard InChI is InChI=1S/C20H17F3N2O/c21-15-10-17(23)16(22)9-13(15)19-12-2-1-7-26-20(12)14-8-11(5-6-24)3-4-18(14)25-19/h3-4,8-10,12,19-20,25H,1-2,5,7H2. The maximum Gasteiger partial charge on any atom is 0.161 e. The van der Waals surface area contributed by atoms with E-state index in [9.17, 15) is 13.2 Å². The molecule has 0 bridgehead atoms. The lowest BCUT2D eigenvalue weighted by atomic mass is 9.77. The van der Waals surface area contributed by atoms with Gasteiger partial charge in [0.2, 0.25) is 0 Å². The van der Waals surface area contributed by atoms with E-state index in [2.05, 4.69) is 11.4 Å². The number of fused-ring (bicyclic) bond motifs is 3. The van der Waals surface area contributed by atoms with Gasteiger partial charge in [-0.1, -0.05) is 12.1 Å². The molecule has 1 N–H and O–H groups in total. The van der Waals surface area contributed by atoms with Crippen LogP contribution in [0.3, 0.4) is 0 Å². The molecule has 0 aromatic heterocycles. The van der Waals surface area contributed by atoms with E-state index in [1.54, 1.807) is 0 Å². The van der Waals surface area contributed by atoms with Crippen molar-refractivity contribution in [2.45, 2.75) is 31.4 Å². The van der Waals surface area contributed by atoms with E-state index in [0.717, 1.165) is 35.7 Å². The average Bonchev–Trinajstić information content (AvgIpc) is 2.65. The van der Waals surface area contributed by atoms with Crippen molar-refractivity contribution in [1.29, 1.82) is 5.26 Å². The molecule has 6 heteroatoms. The highest BCUT2D eigenvalue weighted by molar-refractivity contribution is 5.58. The topological polar surface area (TPSA) is 45.0 Å². The Hall–Kier alpha value is -2.52. The van der Waals surface area contributed by atoms with Crippen LogP contribution in [0.25, 0.3) is 0 Å². The molecular weight excluding hydrogens is 341 g/mol. The number of anilines is 1. The summed E-state index contributed by atoms with van der Waals surface area (Å²) < 4.78 is 47.4. The molecule has 3 atom stereocenters. The summed E-state index contributed by atoms with van der Waals surface area (Å²) in [5.41, 5.74) is 2.69. The molecule has 2 aliphatic heterocycles. The highest BCUT2D eigenvalue weighted by Crippen LogP contribution is 2.49. The molecule has 2 aromatic carbocycles. The molecule has 3 unspecified atom stereocenters. The molecule has 0 saturated carbocycles. The minimum atomic E-state index is -1.19.